The summed E-state index contributed by atoms with van der Waals surface area (Å²) >= 11 is 12.4. The number of ether oxygens (including phenoxy) is 1. The van der Waals surface area contributed by atoms with E-state index < -0.39 is 6.09 Å². The van der Waals surface area contributed by atoms with E-state index in [1.54, 1.807) is 42.5 Å². The highest BCUT2D eigenvalue weighted by molar-refractivity contribution is 6.36. The summed E-state index contributed by atoms with van der Waals surface area (Å²) in [5.74, 6) is -0.272. The van der Waals surface area contributed by atoms with Crippen LogP contribution < -0.4 is 10.2 Å². The summed E-state index contributed by atoms with van der Waals surface area (Å²) in [5, 5.41) is 4.04. The molecule has 1 aliphatic heterocycles. The van der Waals surface area contributed by atoms with Crippen LogP contribution in [0.5, 0.6) is 0 Å². The number of hydrogen-bond donors (Lipinski definition) is 1. The molecular weight excluding hydrogens is 375 g/mol. The van der Waals surface area contributed by atoms with Gasteiger partial charge in [-0.15, -0.1) is 0 Å². The Morgan fingerprint density at radius 3 is 2.58 bits per heavy atom. The summed E-state index contributed by atoms with van der Waals surface area (Å²) in [7, 11) is 0. The molecule has 2 aromatic rings. The monoisotopic (exact) mass is 392 g/mol. The van der Waals surface area contributed by atoms with E-state index in [0.717, 1.165) is 5.56 Å². The Hall–Kier alpha value is -2.24. The van der Waals surface area contributed by atoms with Crippen LogP contribution in [0.25, 0.3) is 0 Å². The number of anilines is 1. The number of rotatable bonds is 5. The zero-order chi connectivity index (χ0) is 18.7. The highest BCUT2D eigenvalue weighted by Crippen LogP contribution is 2.31. The van der Waals surface area contributed by atoms with Gasteiger partial charge in [-0.25, -0.2) is 4.79 Å². The van der Waals surface area contributed by atoms with Crippen molar-refractivity contribution in [2.75, 3.05) is 24.6 Å². The number of nitrogens with one attached hydrogen (secondary N) is 1. The molecule has 0 aliphatic carbocycles. The molecule has 0 spiro atoms. The minimum Gasteiger partial charge on any atom is -0.447 e. The van der Waals surface area contributed by atoms with Crippen LogP contribution in [0.3, 0.4) is 0 Å². The van der Waals surface area contributed by atoms with E-state index >= 15 is 0 Å². The van der Waals surface area contributed by atoms with E-state index in [0.29, 0.717) is 41.0 Å². The Morgan fingerprint density at radius 1 is 1.23 bits per heavy atom. The van der Waals surface area contributed by atoms with Crippen molar-refractivity contribution >= 4 is 40.9 Å². The zero-order valence-electron chi connectivity index (χ0n) is 14.2. The van der Waals surface area contributed by atoms with E-state index in [-0.39, 0.29) is 11.8 Å². The number of carbonyl (C=O) groups is 2. The summed E-state index contributed by atoms with van der Waals surface area (Å²) in [6.45, 7) is 3.17. The number of benzene rings is 2. The van der Waals surface area contributed by atoms with E-state index in [1.807, 2.05) is 6.92 Å². The van der Waals surface area contributed by atoms with Crippen LogP contribution in [0.2, 0.25) is 10.0 Å². The van der Waals surface area contributed by atoms with Crippen molar-refractivity contribution < 1.29 is 14.3 Å². The normalized spacial score (nSPS) is 14.9. The lowest BCUT2D eigenvalue weighted by molar-refractivity contribution is 0.0951. The Morgan fingerprint density at radius 2 is 1.92 bits per heavy atom. The molecule has 1 unspecified atom stereocenters. The Kier molecular flexibility index (Phi) is 5.69. The van der Waals surface area contributed by atoms with Crippen LogP contribution in [0.15, 0.2) is 42.5 Å². The van der Waals surface area contributed by atoms with Crippen LogP contribution >= 0.6 is 23.2 Å². The average molecular weight is 393 g/mol. The minimum absolute atomic E-state index is 0.0445. The quantitative estimate of drug-likeness (QED) is 0.815. The average Bonchev–Trinajstić information content (AvgIpc) is 3.05. The number of nitrogens with zero attached hydrogens (tertiary/aromatic N) is 1. The maximum absolute atomic E-state index is 12.5. The number of hydrogen-bond acceptors (Lipinski definition) is 3. The molecule has 0 aromatic heterocycles. The summed E-state index contributed by atoms with van der Waals surface area (Å²) in [4.78, 5) is 25.7. The lowest BCUT2D eigenvalue weighted by Crippen LogP contribution is -2.28. The van der Waals surface area contributed by atoms with Gasteiger partial charge in [0, 0.05) is 33.8 Å². The molecule has 1 atom stereocenters. The van der Waals surface area contributed by atoms with Crippen LogP contribution in [-0.4, -0.2) is 31.7 Å². The SMILES string of the molecule is CC(CNC(=O)c1cccc(N2CCOC2=O)c1)c1c(Cl)cccc1Cl. The zero-order valence-corrected chi connectivity index (χ0v) is 15.7. The second kappa shape index (κ2) is 7.98. The fourth-order valence-corrected chi connectivity index (χ4v) is 3.64. The highest BCUT2D eigenvalue weighted by atomic mass is 35.5. The first-order valence-electron chi connectivity index (χ1n) is 8.24. The standard InChI is InChI=1S/C19H18Cl2N2O3/c1-12(17-15(20)6-3-7-16(17)21)11-22-18(24)13-4-2-5-14(10-13)23-8-9-26-19(23)25/h2-7,10,12H,8-9,11H2,1H3,(H,22,24). The molecule has 1 heterocycles. The third kappa shape index (κ3) is 3.94. The molecule has 1 fully saturated rings. The molecule has 1 saturated heterocycles. The third-order valence-electron chi connectivity index (χ3n) is 4.24. The summed E-state index contributed by atoms with van der Waals surface area (Å²) in [6, 6.07) is 12.2. The topological polar surface area (TPSA) is 58.6 Å². The van der Waals surface area contributed by atoms with Crippen molar-refractivity contribution in [2.24, 2.45) is 0 Å². The first-order valence-corrected chi connectivity index (χ1v) is 8.99. The van der Waals surface area contributed by atoms with E-state index in [2.05, 4.69) is 5.32 Å². The van der Waals surface area contributed by atoms with Crippen molar-refractivity contribution in [3.05, 3.63) is 63.6 Å². The molecule has 0 saturated carbocycles. The van der Waals surface area contributed by atoms with Gasteiger partial charge < -0.3 is 10.1 Å². The van der Waals surface area contributed by atoms with Crippen molar-refractivity contribution in [1.82, 2.24) is 5.32 Å². The van der Waals surface area contributed by atoms with Crippen LogP contribution in [0, 0.1) is 0 Å². The summed E-state index contributed by atoms with van der Waals surface area (Å²) in [5.41, 5.74) is 1.92. The van der Waals surface area contributed by atoms with Gasteiger partial charge in [0.15, 0.2) is 0 Å². The molecule has 5 nitrogen and oxygen atoms in total. The fourth-order valence-electron chi connectivity index (χ4n) is 2.87. The molecule has 2 amide bonds. The number of carbonyl (C=O) groups excluding carboxylic acids is 2. The van der Waals surface area contributed by atoms with E-state index in [4.69, 9.17) is 27.9 Å². The first kappa shape index (κ1) is 18.5. The van der Waals surface area contributed by atoms with Gasteiger partial charge in [-0.05, 0) is 35.9 Å². The molecule has 3 rings (SSSR count). The third-order valence-corrected chi connectivity index (χ3v) is 4.90. The predicted molar refractivity (Wildman–Crippen MR) is 102 cm³/mol. The maximum Gasteiger partial charge on any atom is 0.414 e. The summed E-state index contributed by atoms with van der Waals surface area (Å²) in [6.07, 6.45) is -0.399. The summed E-state index contributed by atoms with van der Waals surface area (Å²) < 4.78 is 4.93. The van der Waals surface area contributed by atoms with E-state index in [9.17, 15) is 9.59 Å². The maximum atomic E-state index is 12.5. The molecular formula is C19H18Cl2N2O3. The van der Waals surface area contributed by atoms with Gasteiger partial charge in [0.05, 0.1) is 6.54 Å². The predicted octanol–water partition coefficient (Wildman–Crippen LogP) is 4.48. The Bertz CT molecular complexity index is 821. The molecule has 1 N–H and O–H groups in total. The minimum atomic E-state index is -0.399. The van der Waals surface area contributed by atoms with Crippen LogP contribution in [0.4, 0.5) is 10.5 Å². The molecule has 2 aromatic carbocycles. The molecule has 136 valence electrons. The second-order valence-electron chi connectivity index (χ2n) is 6.06. The van der Waals surface area contributed by atoms with Gasteiger partial charge in [0.2, 0.25) is 0 Å². The first-order chi connectivity index (χ1) is 12.5. The Balaban J connectivity index is 1.68. The molecule has 0 radical (unpaired) electrons. The number of cyclic esters (lactones) is 1. The van der Waals surface area contributed by atoms with Gasteiger partial charge in [-0.1, -0.05) is 42.3 Å². The molecule has 0 bridgehead atoms. The molecule has 1 aliphatic rings. The van der Waals surface area contributed by atoms with E-state index in [1.165, 1.54) is 4.90 Å². The molecule has 7 heteroatoms. The fraction of sp³-hybridized carbons (Fsp3) is 0.263. The van der Waals surface area contributed by atoms with Crippen molar-refractivity contribution in [3.63, 3.8) is 0 Å². The van der Waals surface area contributed by atoms with Crippen molar-refractivity contribution in [3.8, 4) is 0 Å². The van der Waals surface area contributed by atoms with Crippen LogP contribution in [-0.2, 0) is 4.74 Å². The van der Waals surface area contributed by atoms with Crippen molar-refractivity contribution in [2.45, 2.75) is 12.8 Å². The van der Waals surface area contributed by atoms with Gasteiger partial charge in [0.1, 0.15) is 6.61 Å². The Labute approximate surface area is 161 Å². The molecule has 26 heavy (non-hydrogen) atoms. The largest absolute Gasteiger partial charge is 0.447 e. The number of amides is 2. The van der Waals surface area contributed by atoms with Gasteiger partial charge in [0.25, 0.3) is 5.91 Å². The van der Waals surface area contributed by atoms with Gasteiger partial charge in [-0.3, -0.25) is 9.69 Å². The smallest absolute Gasteiger partial charge is 0.414 e. The van der Waals surface area contributed by atoms with Crippen LogP contribution in [0.1, 0.15) is 28.8 Å². The van der Waals surface area contributed by atoms with Crippen molar-refractivity contribution in [1.29, 1.82) is 0 Å². The van der Waals surface area contributed by atoms with Gasteiger partial charge in [-0.2, -0.15) is 0 Å². The lowest BCUT2D eigenvalue weighted by Gasteiger charge is -2.17. The van der Waals surface area contributed by atoms with Gasteiger partial charge >= 0.3 is 6.09 Å². The number of halogens is 2. The highest BCUT2D eigenvalue weighted by Gasteiger charge is 2.24. The second-order valence-corrected chi connectivity index (χ2v) is 6.88. The lowest BCUT2D eigenvalue weighted by atomic mass is 10.0.